The molecule has 1 aromatic heterocycles. The van der Waals surface area contributed by atoms with Crippen LogP contribution >= 0.6 is 0 Å². The number of benzene rings is 1. The molecule has 3 heteroatoms. The van der Waals surface area contributed by atoms with Crippen molar-refractivity contribution in [3.63, 3.8) is 0 Å². The molecule has 0 unspecified atom stereocenters. The van der Waals surface area contributed by atoms with Crippen LogP contribution in [0.1, 0.15) is 29.4 Å². The van der Waals surface area contributed by atoms with Gasteiger partial charge in [-0.15, -0.1) is 0 Å². The summed E-state index contributed by atoms with van der Waals surface area (Å²) in [5.74, 6) is 0. The number of hydrogen-bond acceptors (Lipinski definition) is 3. The molecule has 0 aliphatic rings. The Morgan fingerprint density at radius 1 is 1.15 bits per heavy atom. The van der Waals surface area contributed by atoms with Gasteiger partial charge in [0, 0.05) is 24.5 Å². The largest absolute Gasteiger partial charge is 0.366 e. The van der Waals surface area contributed by atoms with Crippen molar-refractivity contribution in [3.05, 3.63) is 58.9 Å². The summed E-state index contributed by atoms with van der Waals surface area (Å²) >= 11 is 0. The second-order valence-corrected chi connectivity index (χ2v) is 5.10. The van der Waals surface area contributed by atoms with E-state index in [-0.39, 0.29) is 0 Å². The molecular formula is C17H23N3. The predicted octanol–water partition coefficient (Wildman–Crippen LogP) is 3.18. The van der Waals surface area contributed by atoms with E-state index in [1.165, 1.54) is 16.8 Å². The highest BCUT2D eigenvalue weighted by Crippen LogP contribution is 2.20. The SMILES string of the molecule is CCN(Cc1cccc(C)n1)c1ccc(CN)c(C)c1. The Kier molecular flexibility index (Phi) is 4.74. The number of pyridine rings is 1. The van der Waals surface area contributed by atoms with Gasteiger partial charge in [0.1, 0.15) is 0 Å². The van der Waals surface area contributed by atoms with Crippen molar-refractivity contribution in [2.75, 3.05) is 11.4 Å². The Balaban J connectivity index is 2.22. The second kappa shape index (κ2) is 6.53. The summed E-state index contributed by atoms with van der Waals surface area (Å²) in [6.45, 7) is 8.70. The number of rotatable bonds is 5. The lowest BCUT2D eigenvalue weighted by Gasteiger charge is -2.24. The summed E-state index contributed by atoms with van der Waals surface area (Å²) in [5, 5.41) is 0. The molecule has 0 saturated carbocycles. The van der Waals surface area contributed by atoms with Crippen LogP contribution in [0.3, 0.4) is 0 Å². The molecule has 20 heavy (non-hydrogen) atoms. The zero-order valence-corrected chi connectivity index (χ0v) is 12.6. The van der Waals surface area contributed by atoms with Crippen molar-refractivity contribution in [1.82, 2.24) is 4.98 Å². The van der Waals surface area contributed by atoms with Crippen LogP contribution in [-0.4, -0.2) is 11.5 Å². The molecule has 1 aromatic carbocycles. The first-order chi connectivity index (χ1) is 9.63. The van der Waals surface area contributed by atoms with Crippen LogP contribution in [-0.2, 0) is 13.1 Å². The molecule has 0 aliphatic carbocycles. The molecule has 2 rings (SSSR count). The highest BCUT2D eigenvalue weighted by atomic mass is 15.1. The van der Waals surface area contributed by atoms with Crippen LogP contribution in [0.4, 0.5) is 5.69 Å². The number of aryl methyl sites for hydroxylation is 2. The third-order valence-electron chi connectivity index (χ3n) is 3.59. The molecule has 0 fully saturated rings. The number of anilines is 1. The topological polar surface area (TPSA) is 42.2 Å². The number of hydrogen-bond donors (Lipinski definition) is 1. The quantitative estimate of drug-likeness (QED) is 0.906. The Hall–Kier alpha value is -1.87. The third-order valence-corrected chi connectivity index (χ3v) is 3.59. The van der Waals surface area contributed by atoms with E-state index in [9.17, 15) is 0 Å². The highest BCUT2D eigenvalue weighted by molar-refractivity contribution is 5.51. The van der Waals surface area contributed by atoms with E-state index in [2.05, 4.69) is 54.1 Å². The van der Waals surface area contributed by atoms with Gasteiger partial charge in [0.15, 0.2) is 0 Å². The van der Waals surface area contributed by atoms with Crippen molar-refractivity contribution in [2.24, 2.45) is 5.73 Å². The summed E-state index contributed by atoms with van der Waals surface area (Å²) in [7, 11) is 0. The molecule has 106 valence electrons. The molecule has 3 nitrogen and oxygen atoms in total. The molecule has 2 N–H and O–H groups in total. The third kappa shape index (κ3) is 3.36. The van der Waals surface area contributed by atoms with E-state index >= 15 is 0 Å². The first kappa shape index (κ1) is 14.5. The summed E-state index contributed by atoms with van der Waals surface area (Å²) in [4.78, 5) is 6.91. The minimum Gasteiger partial charge on any atom is -0.366 e. The van der Waals surface area contributed by atoms with Gasteiger partial charge in [-0.3, -0.25) is 4.98 Å². The Morgan fingerprint density at radius 2 is 1.95 bits per heavy atom. The Bertz CT molecular complexity index is 578. The van der Waals surface area contributed by atoms with Gasteiger partial charge in [0.25, 0.3) is 0 Å². The highest BCUT2D eigenvalue weighted by Gasteiger charge is 2.08. The smallest absolute Gasteiger partial charge is 0.0602 e. The minimum absolute atomic E-state index is 0.595. The fraction of sp³-hybridized carbons (Fsp3) is 0.353. The summed E-state index contributed by atoms with van der Waals surface area (Å²) in [5.41, 5.74) is 11.6. The zero-order chi connectivity index (χ0) is 14.5. The van der Waals surface area contributed by atoms with Crippen LogP contribution in [0.25, 0.3) is 0 Å². The molecule has 2 aromatic rings. The van der Waals surface area contributed by atoms with Crippen molar-refractivity contribution in [2.45, 2.75) is 33.9 Å². The van der Waals surface area contributed by atoms with Gasteiger partial charge < -0.3 is 10.6 Å². The fourth-order valence-corrected chi connectivity index (χ4v) is 2.37. The van der Waals surface area contributed by atoms with Gasteiger partial charge in [-0.1, -0.05) is 12.1 Å². The maximum atomic E-state index is 5.73. The van der Waals surface area contributed by atoms with Gasteiger partial charge in [0.05, 0.1) is 12.2 Å². The predicted molar refractivity (Wildman–Crippen MR) is 84.8 cm³/mol. The minimum atomic E-state index is 0.595. The van der Waals surface area contributed by atoms with Gasteiger partial charge in [-0.2, -0.15) is 0 Å². The molecule has 1 heterocycles. The first-order valence-electron chi connectivity index (χ1n) is 7.11. The number of nitrogens with zero attached hydrogens (tertiary/aromatic N) is 2. The van der Waals surface area contributed by atoms with E-state index in [1.54, 1.807) is 0 Å². The average molecular weight is 269 g/mol. The fourth-order valence-electron chi connectivity index (χ4n) is 2.37. The Labute approximate surface area is 121 Å². The van der Waals surface area contributed by atoms with E-state index in [4.69, 9.17) is 5.73 Å². The van der Waals surface area contributed by atoms with Crippen molar-refractivity contribution in [1.29, 1.82) is 0 Å². The van der Waals surface area contributed by atoms with Gasteiger partial charge in [-0.25, -0.2) is 0 Å². The standard InChI is InChI=1S/C17H23N3/c1-4-20(12-16-7-5-6-14(3)19-16)17-9-8-15(11-18)13(2)10-17/h5-10H,4,11-12,18H2,1-3H3. The molecule has 0 radical (unpaired) electrons. The van der Waals surface area contributed by atoms with Crippen LogP contribution in [0.15, 0.2) is 36.4 Å². The van der Waals surface area contributed by atoms with Crippen LogP contribution in [0, 0.1) is 13.8 Å². The van der Waals surface area contributed by atoms with Crippen LogP contribution < -0.4 is 10.6 Å². The maximum absolute atomic E-state index is 5.73. The van der Waals surface area contributed by atoms with Crippen LogP contribution in [0.5, 0.6) is 0 Å². The lowest BCUT2D eigenvalue weighted by Crippen LogP contribution is -2.23. The average Bonchev–Trinajstić information content (AvgIpc) is 2.44. The van der Waals surface area contributed by atoms with E-state index in [0.717, 1.165) is 24.5 Å². The Morgan fingerprint density at radius 3 is 2.55 bits per heavy atom. The monoisotopic (exact) mass is 269 g/mol. The number of nitrogens with two attached hydrogens (primary N) is 1. The lowest BCUT2D eigenvalue weighted by atomic mass is 10.1. The van der Waals surface area contributed by atoms with Crippen molar-refractivity contribution < 1.29 is 0 Å². The molecule has 0 saturated heterocycles. The van der Waals surface area contributed by atoms with Gasteiger partial charge in [-0.05, 0) is 56.2 Å². The lowest BCUT2D eigenvalue weighted by molar-refractivity contribution is 0.804. The number of aromatic nitrogens is 1. The van der Waals surface area contributed by atoms with Crippen LogP contribution in [0.2, 0.25) is 0 Å². The molecular weight excluding hydrogens is 246 g/mol. The first-order valence-corrected chi connectivity index (χ1v) is 7.11. The molecule has 0 bridgehead atoms. The van der Waals surface area contributed by atoms with Gasteiger partial charge in [0.2, 0.25) is 0 Å². The van der Waals surface area contributed by atoms with Gasteiger partial charge >= 0.3 is 0 Å². The summed E-state index contributed by atoms with van der Waals surface area (Å²) < 4.78 is 0. The van der Waals surface area contributed by atoms with E-state index in [0.29, 0.717) is 6.54 Å². The summed E-state index contributed by atoms with van der Waals surface area (Å²) in [6, 6.07) is 12.7. The molecule has 0 spiro atoms. The molecule has 0 amide bonds. The van der Waals surface area contributed by atoms with E-state index in [1.807, 2.05) is 13.0 Å². The zero-order valence-electron chi connectivity index (χ0n) is 12.6. The summed E-state index contributed by atoms with van der Waals surface area (Å²) in [6.07, 6.45) is 0. The second-order valence-electron chi connectivity index (χ2n) is 5.10. The van der Waals surface area contributed by atoms with E-state index < -0.39 is 0 Å². The van der Waals surface area contributed by atoms with Crippen molar-refractivity contribution in [3.8, 4) is 0 Å². The van der Waals surface area contributed by atoms with Crippen molar-refractivity contribution >= 4 is 5.69 Å². The maximum Gasteiger partial charge on any atom is 0.0602 e. The molecule has 0 aliphatic heterocycles. The normalized spacial score (nSPS) is 10.6. The molecule has 0 atom stereocenters.